The van der Waals surface area contributed by atoms with Gasteiger partial charge >= 0.3 is 0 Å². The second-order valence-electron chi connectivity index (χ2n) is 9.26. The normalized spacial score (nSPS) is 12.6. The number of halogens is 2. The monoisotopic (exact) mass is 561 g/mol. The Balaban J connectivity index is 1.81. The van der Waals surface area contributed by atoms with Crippen LogP contribution in [0.25, 0.3) is 22.3 Å². The summed E-state index contributed by atoms with van der Waals surface area (Å²) in [6.07, 6.45) is -0.231. The zero-order valence-electron chi connectivity index (χ0n) is 21.8. The van der Waals surface area contributed by atoms with Gasteiger partial charge in [0.05, 0.1) is 37.3 Å². The van der Waals surface area contributed by atoms with Gasteiger partial charge in [-0.25, -0.2) is 17.2 Å². The zero-order valence-corrected chi connectivity index (χ0v) is 22.6. The number of hydrogen-bond donors (Lipinski definition) is 2. The van der Waals surface area contributed by atoms with Gasteiger partial charge in [0.1, 0.15) is 28.7 Å². The molecule has 1 heterocycles. The Morgan fingerprint density at radius 1 is 1.00 bits per heavy atom. The molecule has 0 fully saturated rings. The van der Waals surface area contributed by atoms with E-state index in [2.05, 4.69) is 0 Å². The molecule has 0 radical (unpaired) electrons. The van der Waals surface area contributed by atoms with Crippen molar-refractivity contribution in [1.29, 1.82) is 0 Å². The van der Waals surface area contributed by atoms with Crippen LogP contribution in [0.1, 0.15) is 32.4 Å². The van der Waals surface area contributed by atoms with Crippen LogP contribution in [0.4, 0.5) is 14.5 Å². The average Bonchev–Trinajstić information content (AvgIpc) is 3.22. The number of sulfonamides is 1. The number of fused-ring (bicyclic) bond motifs is 1. The number of hydrogen-bond acceptors (Lipinski definition) is 7. The molecular weight excluding hydrogens is 532 g/mol. The molecule has 0 bridgehead atoms. The Bertz CT molecular complexity index is 1580. The highest BCUT2D eigenvalue weighted by Gasteiger charge is 2.27. The molecule has 0 saturated carbocycles. The summed E-state index contributed by atoms with van der Waals surface area (Å²) in [6.45, 7) is 4.57. The fourth-order valence-electron chi connectivity index (χ4n) is 4.22. The van der Waals surface area contributed by atoms with Gasteiger partial charge in [0, 0.05) is 28.6 Å². The molecule has 0 spiro atoms. The summed E-state index contributed by atoms with van der Waals surface area (Å²) < 4.78 is 70.9. The molecule has 1 atom stereocenters. The lowest BCUT2D eigenvalue weighted by Gasteiger charge is -2.25. The van der Waals surface area contributed by atoms with Gasteiger partial charge in [-0.15, -0.1) is 0 Å². The smallest absolute Gasteiger partial charge is 0.232 e. The van der Waals surface area contributed by atoms with E-state index in [1.54, 1.807) is 51.1 Å². The predicted molar refractivity (Wildman–Crippen MR) is 144 cm³/mol. The van der Waals surface area contributed by atoms with Crippen LogP contribution in [-0.2, 0) is 10.0 Å². The quantitative estimate of drug-likeness (QED) is 0.253. The van der Waals surface area contributed by atoms with Gasteiger partial charge in [0.15, 0.2) is 11.6 Å². The third-order valence-electron chi connectivity index (χ3n) is 5.80. The van der Waals surface area contributed by atoms with Crippen molar-refractivity contribution >= 4 is 26.7 Å². The van der Waals surface area contributed by atoms with Crippen molar-refractivity contribution < 1.29 is 41.3 Å². The second kappa shape index (κ2) is 11.2. The first kappa shape index (κ1) is 28.3. The fourth-order valence-corrected chi connectivity index (χ4v) is 5.13. The second-order valence-corrected chi connectivity index (χ2v) is 11.2. The van der Waals surface area contributed by atoms with Crippen molar-refractivity contribution in [2.75, 3.05) is 23.7 Å². The SMILES string of the molecule is CC(C)Oc1cc2c(C(C)O)c(-c3ccc(Oc4ccc(F)cc4F)cc3)oc2cc1N(CCO)S(C)(=O)=O. The summed E-state index contributed by atoms with van der Waals surface area (Å²) in [5.74, 6) is -0.821. The molecule has 39 heavy (non-hydrogen) atoms. The van der Waals surface area contributed by atoms with Crippen LogP contribution in [0, 0.1) is 11.6 Å². The number of aliphatic hydroxyl groups excluding tert-OH is 2. The maximum absolute atomic E-state index is 14.0. The molecule has 0 aliphatic heterocycles. The first-order chi connectivity index (χ1) is 18.4. The molecule has 208 valence electrons. The zero-order chi connectivity index (χ0) is 28.5. The molecule has 11 heteroatoms. The van der Waals surface area contributed by atoms with Gasteiger partial charge in [-0.2, -0.15) is 0 Å². The molecule has 0 amide bonds. The highest BCUT2D eigenvalue weighted by Crippen LogP contribution is 2.43. The van der Waals surface area contributed by atoms with Gasteiger partial charge < -0.3 is 24.1 Å². The van der Waals surface area contributed by atoms with Gasteiger partial charge in [0.25, 0.3) is 0 Å². The number of ether oxygens (including phenoxy) is 2. The van der Waals surface area contributed by atoms with E-state index in [9.17, 15) is 27.4 Å². The first-order valence-corrected chi connectivity index (χ1v) is 14.0. The molecule has 1 unspecified atom stereocenters. The highest BCUT2D eigenvalue weighted by atomic mass is 32.2. The van der Waals surface area contributed by atoms with Crippen molar-refractivity contribution in [3.05, 3.63) is 71.8 Å². The third kappa shape index (κ3) is 6.16. The molecule has 4 aromatic rings. The van der Waals surface area contributed by atoms with Gasteiger partial charge in [0.2, 0.25) is 10.0 Å². The van der Waals surface area contributed by atoms with Crippen LogP contribution in [0.2, 0.25) is 0 Å². The highest BCUT2D eigenvalue weighted by molar-refractivity contribution is 7.92. The summed E-state index contributed by atoms with van der Waals surface area (Å²) in [7, 11) is -3.77. The van der Waals surface area contributed by atoms with E-state index in [0.717, 1.165) is 22.7 Å². The van der Waals surface area contributed by atoms with Crippen LogP contribution in [0.15, 0.2) is 59.0 Å². The molecule has 0 aliphatic rings. The number of furan rings is 1. The van der Waals surface area contributed by atoms with Crippen LogP contribution in [-0.4, -0.2) is 44.1 Å². The molecule has 8 nitrogen and oxygen atoms in total. The molecule has 4 rings (SSSR count). The van der Waals surface area contributed by atoms with E-state index in [4.69, 9.17) is 13.9 Å². The maximum atomic E-state index is 14.0. The van der Waals surface area contributed by atoms with Crippen LogP contribution >= 0.6 is 0 Å². The molecule has 0 aliphatic carbocycles. The van der Waals surface area contributed by atoms with E-state index >= 15 is 0 Å². The molecule has 3 aromatic carbocycles. The van der Waals surface area contributed by atoms with E-state index < -0.39 is 34.4 Å². The molecule has 1 aromatic heterocycles. The van der Waals surface area contributed by atoms with Crippen molar-refractivity contribution in [3.8, 4) is 28.6 Å². The number of aliphatic hydroxyl groups is 2. The Labute approximate surface area is 225 Å². The number of benzene rings is 3. The Kier molecular flexibility index (Phi) is 8.15. The van der Waals surface area contributed by atoms with Gasteiger partial charge in [-0.05, 0) is 63.2 Å². The summed E-state index contributed by atoms with van der Waals surface area (Å²) >= 11 is 0. The third-order valence-corrected chi connectivity index (χ3v) is 6.98. The Morgan fingerprint density at radius 3 is 2.26 bits per heavy atom. The molecule has 2 N–H and O–H groups in total. The van der Waals surface area contributed by atoms with Gasteiger partial charge in [-0.1, -0.05) is 0 Å². The van der Waals surface area contributed by atoms with E-state index in [1.807, 2.05) is 0 Å². The van der Waals surface area contributed by atoms with Crippen molar-refractivity contribution in [2.45, 2.75) is 33.0 Å². The number of nitrogens with zero attached hydrogens (tertiary/aromatic N) is 1. The van der Waals surface area contributed by atoms with E-state index in [0.29, 0.717) is 33.6 Å². The standard InChI is InChI=1S/C28H29F2NO7S/c1-16(2)36-26-14-21-25(15-23(26)31(11-12-32)39(4,34)35)38-28(27(21)17(3)33)18-5-8-20(9-6-18)37-24-10-7-19(29)13-22(24)30/h5-10,13-17,32-33H,11-12H2,1-4H3. The van der Waals surface area contributed by atoms with Crippen LogP contribution in [0.5, 0.6) is 17.2 Å². The largest absolute Gasteiger partial charge is 0.489 e. The summed E-state index contributed by atoms with van der Waals surface area (Å²) in [5, 5.41) is 20.7. The number of anilines is 1. The lowest BCUT2D eigenvalue weighted by Crippen LogP contribution is -2.33. The first-order valence-electron chi connectivity index (χ1n) is 12.2. The van der Waals surface area contributed by atoms with E-state index in [1.165, 1.54) is 12.1 Å². The lowest BCUT2D eigenvalue weighted by atomic mass is 10.0. The van der Waals surface area contributed by atoms with Crippen LogP contribution in [0.3, 0.4) is 0 Å². The number of rotatable bonds is 10. The Hall–Kier alpha value is -3.67. The predicted octanol–water partition coefficient (Wildman–Crippen LogP) is 5.77. The average molecular weight is 562 g/mol. The maximum Gasteiger partial charge on any atom is 0.232 e. The molecule has 0 saturated heterocycles. The summed E-state index contributed by atoms with van der Waals surface area (Å²) in [6, 6.07) is 12.6. The minimum atomic E-state index is -3.77. The topological polar surface area (TPSA) is 109 Å². The summed E-state index contributed by atoms with van der Waals surface area (Å²) in [4.78, 5) is 0. The lowest BCUT2D eigenvalue weighted by molar-refractivity contribution is 0.200. The fraction of sp³-hybridized carbons (Fsp3) is 0.286. The summed E-state index contributed by atoms with van der Waals surface area (Å²) in [5.41, 5.74) is 1.51. The Morgan fingerprint density at radius 2 is 1.69 bits per heavy atom. The van der Waals surface area contributed by atoms with Gasteiger partial charge in [-0.3, -0.25) is 4.31 Å². The van der Waals surface area contributed by atoms with Crippen molar-refractivity contribution in [2.24, 2.45) is 0 Å². The molecular formula is C28H29F2NO7S. The van der Waals surface area contributed by atoms with Crippen LogP contribution < -0.4 is 13.8 Å². The minimum Gasteiger partial charge on any atom is -0.489 e. The van der Waals surface area contributed by atoms with Crippen molar-refractivity contribution in [1.82, 2.24) is 0 Å². The minimum absolute atomic E-state index is 0.138. The van der Waals surface area contributed by atoms with E-state index in [-0.39, 0.29) is 29.8 Å². The van der Waals surface area contributed by atoms with Crippen molar-refractivity contribution in [3.63, 3.8) is 0 Å².